The van der Waals surface area contributed by atoms with Crippen LogP contribution in [0.4, 0.5) is 0 Å². The molecular formula is C8H6NaO4S-. The number of carboxylic acids is 1. The fourth-order valence-electron chi connectivity index (χ4n) is 0.873. The smallest absolute Gasteiger partial charge is 0.772 e. The molecule has 6 heteroatoms. The van der Waals surface area contributed by atoms with Crippen molar-refractivity contribution in [2.45, 2.75) is 5.75 Å². The van der Waals surface area contributed by atoms with Gasteiger partial charge in [-0.05, 0) is 11.1 Å². The van der Waals surface area contributed by atoms with E-state index in [0.29, 0.717) is 5.56 Å². The Hall–Kier alpha value is -0.200. The van der Waals surface area contributed by atoms with Gasteiger partial charge in [0.2, 0.25) is 0 Å². The third-order valence-electron chi connectivity index (χ3n) is 1.47. The molecule has 0 radical (unpaired) electrons. The molecule has 0 aliphatic carbocycles. The van der Waals surface area contributed by atoms with Crippen molar-refractivity contribution < 1.29 is 48.2 Å². The van der Waals surface area contributed by atoms with Gasteiger partial charge in [-0.15, -0.1) is 0 Å². The first-order valence-electron chi connectivity index (χ1n) is 3.46. The Morgan fingerprint density at radius 3 is 2.14 bits per heavy atom. The van der Waals surface area contributed by atoms with Crippen molar-refractivity contribution in [3.63, 3.8) is 0 Å². The first kappa shape index (κ1) is 13.8. The van der Waals surface area contributed by atoms with Gasteiger partial charge in [0, 0.05) is 5.75 Å². The zero-order chi connectivity index (χ0) is 9.84. The molecule has 4 nitrogen and oxygen atoms in total. The summed E-state index contributed by atoms with van der Waals surface area (Å²) >= 11 is -2.15. The van der Waals surface area contributed by atoms with E-state index in [1.54, 1.807) is 0 Å². The van der Waals surface area contributed by atoms with Gasteiger partial charge in [-0.1, -0.05) is 35.3 Å². The fourth-order valence-corrected chi connectivity index (χ4v) is 1.34. The Morgan fingerprint density at radius 1 is 1.29 bits per heavy atom. The van der Waals surface area contributed by atoms with Crippen LogP contribution in [0.2, 0.25) is 0 Å². The zero-order valence-corrected chi connectivity index (χ0v) is 10.4. The van der Waals surface area contributed by atoms with Gasteiger partial charge >= 0.3 is 29.6 Å². The van der Waals surface area contributed by atoms with E-state index in [2.05, 4.69) is 0 Å². The van der Waals surface area contributed by atoms with Crippen LogP contribution in [0.25, 0.3) is 0 Å². The van der Waals surface area contributed by atoms with Gasteiger partial charge in [0.25, 0.3) is 0 Å². The first-order valence-corrected chi connectivity index (χ1v) is 4.70. The monoisotopic (exact) mass is 221 g/mol. The Balaban J connectivity index is 0.00000169. The molecule has 0 heterocycles. The summed E-state index contributed by atoms with van der Waals surface area (Å²) in [7, 11) is 0. The number of carbonyl (C=O) groups is 1. The van der Waals surface area contributed by atoms with E-state index in [0.717, 1.165) is 0 Å². The largest absolute Gasteiger partial charge is 1.00 e. The molecule has 1 atom stereocenters. The second-order valence-corrected chi connectivity index (χ2v) is 3.33. The van der Waals surface area contributed by atoms with E-state index in [4.69, 9.17) is 0 Å². The predicted molar refractivity (Wildman–Crippen MR) is 43.4 cm³/mol. The summed E-state index contributed by atoms with van der Waals surface area (Å²) in [6.45, 7) is 0. The average Bonchev–Trinajstić information content (AvgIpc) is 2.04. The van der Waals surface area contributed by atoms with Crippen LogP contribution in [0.15, 0.2) is 24.3 Å². The topological polar surface area (TPSA) is 80.3 Å². The van der Waals surface area contributed by atoms with E-state index >= 15 is 0 Å². The SMILES string of the molecule is O=C([O-])c1ccc(CS(=O)[O-])cc1.[Na+]. The number of aromatic carboxylic acids is 1. The number of benzene rings is 1. The molecule has 0 amide bonds. The Morgan fingerprint density at radius 2 is 1.79 bits per heavy atom. The summed E-state index contributed by atoms with van der Waals surface area (Å²) < 4.78 is 20.5. The molecule has 1 rings (SSSR count). The van der Waals surface area contributed by atoms with Gasteiger partial charge < -0.3 is 14.5 Å². The molecule has 0 spiro atoms. The van der Waals surface area contributed by atoms with E-state index in [9.17, 15) is 18.7 Å². The van der Waals surface area contributed by atoms with Crippen LogP contribution in [0, 0.1) is 0 Å². The second-order valence-electron chi connectivity index (χ2n) is 2.43. The van der Waals surface area contributed by atoms with Crippen LogP contribution in [-0.2, 0) is 16.8 Å². The number of rotatable bonds is 3. The first-order chi connectivity index (χ1) is 6.09. The van der Waals surface area contributed by atoms with Crippen molar-refractivity contribution in [1.29, 1.82) is 0 Å². The minimum absolute atomic E-state index is 0. The quantitative estimate of drug-likeness (QED) is 0.390. The third-order valence-corrected chi connectivity index (χ3v) is 2.04. The third kappa shape index (κ3) is 4.34. The van der Waals surface area contributed by atoms with Crippen molar-refractivity contribution >= 4 is 17.0 Å². The Bertz CT molecular complexity index is 336. The standard InChI is InChI=1S/C8H8O4S.Na/c9-8(10)7-3-1-6(2-4-7)5-13(11)12;/h1-4H,5H2,(H,9,10)(H,11,12);/q;+1/p-2. The average molecular weight is 221 g/mol. The summed E-state index contributed by atoms with van der Waals surface area (Å²) in [5.41, 5.74) is 0.596. The van der Waals surface area contributed by atoms with Crippen LogP contribution in [-0.4, -0.2) is 14.7 Å². The molecule has 14 heavy (non-hydrogen) atoms. The molecule has 1 unspecified atom stereocenters. The van der Waals surface area contributed by atoms with Gasteiger partial charge in [0.1, 0.15) is 0 Å². The molecule has 0 fully saturated rings. The van der Waals surface area contributed by atoms with E-state index < -0.39 is 17.0 Å². The second kappa shape index (κ2) is 6.31. The van der Waals surface area contributed by atoms with E-state index in [1.807, 2.05) is 0 Å². The molecule has 0 aromatic heterocycles. The van der Waals surface area contributed by atoms with Crippen LogP contribution < -0.4 is 34.7 Å². The maximum atomic E-state index is 10.3. The van der Waals surface area contributed by atoms with Crippen molar-refractivity contribution in [1.82, 2.24) is 0 Å². The summed E-state index contributed by atoms with van der Waals surface area (Å²) in [4.78, 5) is 10.3. The van der Waals surface area contributed by atoms with Gasteiger partial charge in [0.05, 0.1) is 5.97 Å². The van der Waals surface area contributed by atoms with Crippen LogP contribution >= 0.6 is 0 Å². The van der Waals surface area contributed by atoms with Gasteiger partial charge in [0.15, 0.2) is 0 Å². The van der Waals surface area contributed by atoms with Crippen LogP contribution in [0.3, 0.4) is 0 Å². The van der Waals surface area contributed by atoms with Crippen LogP contribution in [0.1, 0.15) is 15.9 Å². The molecular weight excluding hydrogens is 215 g/mol. The summed E-state index contributed by atoms with van der Waals surface area (Å²) in [6, 6.07) is 5.52. The van der Waals surface area contributed by atoms with E-state index in [-0.39, 0.29) is 40.9 Å². The molecule has 70 valence electrons. The minimum atomic E-state index is -2.15. The summed E-state index contributed by atoms with van der Waals surface area (Å²) in [5.74, 6) is -1.37. The Kier molecular flexibility index (Phi) is 6.22. The molecule has 1 aromatic rings. The van der Waals surface area contributed by atoms with Gasteiger partial charge in [-0.3, -0.25) is 4.21 Å². The molecule has 1 aromatic carbocycles. The maximum absolute atomic E-state index is 10.3. The van der Waals surface area contributed by atoms with Crippen molar-refractivity contribution in [2.24, 2.45) is 0 Å². The number of hydrogen-bond acceptors (Lipinski definition) is 4. The fraction of sp³-hybridized carbons (Fsp3) is 0.125. The summed E-state index contributed by atoms with van der Waals surface area (Å²) in [6.07, 6.45) is 0. The molecule has 0 aliphatic rings. The number of carbonyl (C=O) groups excluding carboxylic acids is 1. The minimum Gasteiger partial charge on any atom is -0.772 e. The summed E-state index contributed by atoms with van der Waals surface area (Å²) in [5, 5.41) is 10.3. The molecule has 0 N–H and O–H groups in total. The van der Waals surface area contributed by atoms with Crippen molar-refractivity contribution in [2.75, 3.05) is 0 Å². The normalized spacial score (nSPS) is 11.5. The van der Waals surface area contributed by atoms with Crippen LogP contribution in [0.5, 0.6) is 0 Å². The van der Waals surface area contributed by atoms with Crippen molar-refractivity contribution in [3.05, 3.63) is 35.4 Å². The maximum Gasteiger partial charge on any atom is 1.00 e. The number of hydrogen-bond donors (Lipinski definition) is 0. The van der Waals surface area contributed by atoms with Gasteiger partial charge in [-0.2, -0.15) is 0 Å². The molecule has 0 bridgehead atoms. The Labute approximate surface area is 106 Å². The van der Waals surface area contributed by atoms with Gasteiger partial charge in [-0.25, -0.2) is 0 Å². The molecule has 0 saturated heterocycles. The van der Waals surface area contributed by atoms with Crippen molar-refractivity contribution in [3.8, 4) is 0 Å². The molecule has 0 saturated carbocycles. The van der Waals surface area contributed by atoms with E-state index in [1.165, 1.54) is 24.3 Å². The zero-order valence-electron chi connectivity index (χ0n) is 7.56. The molecule has 0 aliphatic heterocycles. The number of carboxylic acid groups (broad SMARTS) is 1. The predicted octanol–water partition coefficient (Wildman–Crippen LogP) is -3.57.